The van der Waals surface area contributed by atoms with Crippen molar-refractivity contribution in [3.63, 3.8) is 0 Å². The predicted molar refractivity (Wildman–Crippen MR) is 136 cm³/mol. The number of benzene rings is 3. The van der Waals surface area contributed by atoms with E-state index in [0.717, 1.165) is 11.1 Å². The zero-order valence-corrected chi connectivity index (χ0v) is 19.8. The number of carbonyl (C=O) groups is 2. The number of carboxylic acid groups (broad SMARTS) is 1. The van der Waals surface area contributed by atoms with Crippen LogP contribution in [0.15, 0.2) is 82.7 Å². The number of likely N-dealkylation sites (N-methyl/N-ethyl adjacent to an activating group) is 1. The third-order valence-corrected chi connectivity index (χ3v) is 6.45. The molecule has 0 bridgehead atoms. The molecular formula is C26H21ClN2O4S. The van der Waals surface area contributed by atoms with Crippen molar-refractivity contribution in [1.29, 1.82) is 0 Å². The van der Waals surface area contributed by atoms with Crippen LogP contribution in [0.1, 0.15) is 28.4 Å². The molecule has 1 fully saturated rings. The minimum absolute atomic E-state index is 0.118. The highest BCUT2D eigenvalue weighted by Gasteiger charge is 2.32. The van der Waals surface area contributed by atoms with E-state index in [2.05, 4.69) is 4.99 Å². The molecule has 172 valence electrons. The second-order valence-corrected chi connectivity index (χ2v) is 8.77. The number of hydrogen-bond acceptors (Lipinski definition) is 5. The summed E-state index contributed by atoms with van der Waals surface area (Å²) in [6, 6.07) is 21.2. The number of halogens is 1. The zero-order valence-electron chi connectivity index (χ0n) is 18.3. The summed E-state index contributed by atoms with van der Waals surface area (Å²) in [4.78, 5) is 30.6. The number of amidine groups is 1. The lowest BCUT2D eigenvalue weighted by Gasteiger charge is -2.12. The number of thioether (sulfide) groups is 1. The van der Waals surface area contributed by atoms with Crippen LogP contribution in [-0.4, -0.2) is 33.6 Å². The Kier molecular flexibility index (Phi) is 7.35. The lowest BCUT2D eigenvalue weighted by Crippen LogP contribution is -2.28. The number of carbonyl (C=O) groups excluding carboxylic acids is 1. The topological polar surface area (TPSA) is 79.2 Å². The molecule has 0 aliphatic carbocycles. The number of aliphatic imine (C=N–C) groups is 1. The number of nitrogens with zero attached hydrogens (tertiary/aromatic N) is 2. The van der Waals surface area contributed by atoms with Crippen LogP contribution in [0.3, 0.4) is 0 Å². The van der Waals surface area contributed by atoms with Crippen LogP contribution < -0.4 is 4.74 Å². The number of amides is 1. The van der Waals surface area contributed by atoms with Gasteiger partial charge >= 0.3 is 5.97 Å². The first-order valence-corrected chi connectivity index (χ1v) is 11.7. The Morgan fingerprint density at radius 3 is 2.44 bits per heavy atom. The van der Waals surface area contributed by atoms with Gasteiger partial charge in [-0.25, -0.2) is 9.79 Å². The molecule has 6 nitrogen and oxygen atoms in total. The van der Waals surface area contributed by atoms with Gasteiger partial charge in [-0.2, -0.15) is 0 Å². The number of carboxylic acids is 1. The molecule has 0 atom stereocenters. The van der Waals surface area contributed by atoms with E-state index >= 15 is 0 Å². The van der Waals surface area contributed by atoms with Gasteiger partial charge in [-0.3, -0.25) is 9.69 Å². The molecule has 34 heavy (non-hydrogen) atoms. The highest BCUT2D eigenvalue weighted by atomic mass is 35.5. The largest absolute Gasteiger partial charge is 0.489 e. The van der Waals surface area contributed by atoms with Gasteiger partial charge in [-0.1, -0.05) is 41.9 Å². The van der Waals surface area contributed by atoms with E-state index in [0.29, 0.717) is 39.7 Å². The highest BCUT2D eigenvalue weighted by molar-refractivity contribution is 8.18. The molecule has 1 aliphatic rings. The molecule has 1 N–H and O–H groups in total. The maximum Gasteiger partial charge on any atom is 0.335 e. The lowest BCUT2D eigenvalue weighted by molar-refractivity contribution is -0.122. The van der Waals surface area contributed by atoms with E-state index in [1.807, 2.05) is 61.5 Å². The van der Waals surface area contributed by atoms with E-state index in [1.54, 1.807) is 17.0 Å². The Balaban J connectivity index is 1.47. The Bertz CT molecular complexity index is 1270. The third-order valence-electron chi connectivity index (χ3n) is 5.07. The van der Waals surface area contributed by atoms with E-state index < -0.39 is 5.97 Å². The van der Waals surface area contributed by atoms with E-state index in [4.69, 9.17) is 21.4 Å². The van der Waals surface area contributed by atoms with Crippen molar-refractivity contribution in [2.24, 2.45) is 4.99 Å². The maximum atomic E-state index is 12.9. The molecule has 3 aromatic rings. The maximum absolute atomic E-state index is 12.9. The minimum atomic E-state index is -0.995. The summed E-state index contributed by atoms with van der Waals surface area (Å²) in [5, 5.41) is 10.3. The summed E-state index contributed by atoms with van der Waals surface area (Å²) >= 11 is 7.46. The molecule has 0 radical (unpaired) electrons. The first kappa shape index (κ1) is 23.6. The van der Waals surface area contributed by atoms with E-state index in [9.17, 15) is 9.59 Å². The fourth-order valence-corrected chi connectivity index (χ4v) is 4.50. The predicted octanol–water partition coefficient (Wildman–Crippen LogP) is 6.24. The Morgan fingerprint density at radius 1 is 1.09 bits per heavy atom. The van der Waals surface area contributed by atoms with Gasteiger partial charge < -0.3 is 9.84 Å². The molecule has 3 aromatic carbocycles. The van der Waals surface area contributed by atoms with Gasteiger partial charge in [0.05, 0.1) is 16.2 Å². The summed E-state index contributed by atoms with van der Waals surface area (Å²) in [6.07, 6.45) is 1.82. The van der Waals surface area contributed by atoms with Crippen molar-refractivity contribution in [3.05, 3.63) is 99.4 Å². The normalized spacial score (nSPS) is 15.8. The van der Waals surface area contributed by atoms with Gasteiger partial charge in [0.25, 0.3) is 5.91 Å². The molecule has 1 amide bonds. The average molecular weight is 493 g/mol. The SMILES string of the molecule is CCN1C(=O)/C(=C\c2ccc(OCc3ccccc3Cl)cc2)SC1=Nc1ccc(C(=O)O)cc1. The Labute approximate surface area is 206 Å². The van der Waals surface area contributed by atoms with Crippen LogP contribution in [0, 0.1) is 0 Å². The first-order valence-electron chi connectivity index (χ1n) is 10.5. The van der Waals surface area contributed by atoms with Crippen molar-refractivity contribution < 1.29 is 19.4 Å². The average Bonchev–Trinajstić information content (AvgIpc) is 3.13. The summed E-state index contributed by atoms with van der Waals surface area (Å²) in [5.74, 6) is -0.410. The first-order chi connectivity index (χ1) is 16.4. The van der Waals surface area contributed by atoms with Crippen molar-refractivity contribution >= 4 is 52.2 Å². The van der Waals surface area contributed by atoms with Crippen molar-refractivity contribution in [2.45, 2.75) is 13.5 Å². The Morgan fingerprint density at radius 2 is 1.79 bits per heavy atom. The number of ether oxygens (including phenoxy) is 1. The smallest absolute Gasteiger partial charge is 0.335 e. The third kappa shape index (κ3) is 5.50. The molecule has 0 unspecified atom stereocenters. The van der Waals surface area contributed by atoms with Gasteiger partial charge in [0.1, 0.15) is 12.4 Å². The monoisotopic (exact) mass is 492 g/mol. The van der Waals surface area contributed by atoms with Gasteiger partial charge in [0.15, 0.2) is 5.17 Å². The van der Waals surface area contributed by atoms with Crippen LogP contribution in [-0.2, 0) is 11.4 Å². The second-order valence-electron chi connectivity index (χ2n) is 7.36. The summed E-state index contributed by atoms with van der Waals surface area (Å²) in [7, 11) is 0. The molecule has 0 saturated carbocycles. The number of hydrogen-bond donors (Lipinski definition) is 1. The second kappa shape index (κ2) is 10.6. The Hall–Kier alpha value is -3.55. The lowest BCUT2D eigenvalue weighted by atomic mass is 10.2. The standard InChI is InChI=1S/C26H21ClN2O4S/c1-2-29-24(30)23(34-26(29)28-20-11-9-18(10-12-20)25(31)32)15-17-7-13-21(14-8-17)33-16-19-5-3-4-6-22(19)27/h3-15H,2,16H2,1H3,(H,31,32)/b23-15+,28-26?. The van der Waals surface area contributed by atoms with Crippen LogP contribution in [0.25, 0.3) is 6.08 Å². The molecule has 1 aliphatic heterocycles. The molecule has 8 heteroatoms. The summed E-state index contributed by atoms with van der Waals surface area (Å²) in [5.41, 5.74) is 2.54. The highest BCUT2D eigenvalue weighted by Crippen LogP contribution is 2.34. The van der Waals surface area contributed by atoms with Crippen LogP contribution in [0.2, 0.25) is 5.02 Å². The van der Waals surface area contributed by atoms with Crippen LogP contribution >= 0.6 is 23.4 Å². The zero-order chi connectivity index (χ0) is 24.1. The van der Waals surface area contributed by atoms with Gasteiger partial charge in [0.2, 0.25) is 0 Å². The molecular weight excluding hydrogens is 472 g/mol. The molecule has 0 aromatic heterocycles. The van der Waals surface area contributed by atoms with E-state index in [1.165, 1.54) is 23.9 Å². The fraction of sp³-hybridized carbons (Fsp3) is 0.115. The van der Waals surface area contributed by atoms with E-state index in [-0.39, 0.29) is 11.5 Å². The summed E-state index contributed by atoms with van der Waals surface area (Å²) < 4.78 is 5.82. The van der Waals surface area contributed by atoms with Crippen LogP contribution in [0.4, 0.5) is 5.69 Å². The number of aromatic carboxylic acids is 1. The minimum Gasteiger partial charge on any atom is -0.489 e. The van der Waals surface area contributed by atoms with Gasteiger partial charge in [-0.15, -0.1) is 0 Å². The molecule has 1 saturated heterocycles. The summed E-state index contributed by atoms with van der Waals surface area (Å²) in [6.45, 7) is 2.73. The van der Waals surface area contributed by atoms with Gasteiger partial charge in [0, 0.05) is 17.1 Å². The quantitative estimate of drug-likeness (QED) is 0.395. The fourth-order valence-electron chi connectivity index (χ4n) is 3.25. The molecule has 1 heterocycles. The van der Waals surface area contributed by atoms with Crippen molar-refractivity contribution in [1.82, 2.24) is 4.90 Å². The number of rotatable bonds is 7. The molecule has 0 spiro atoms. The van der Waals surface area contributed by atoms with Crippen molar-refractivity contribution in [3.8, 4) is 5.75 Å². The molecule has 4 rings (SSSR count). The van der Waals surface area contributed by atoms with Crippen LogP contribution in [0.5, 0.6) is 5.75 Å². The van der Waals surface area contributed by atoms with Crippen molar-refractivity contribution in [2.75, 3.05) is 6.54 Å². The van der Waals surface area contributed by atoms with Gasteiger partial charge in [-0.05, 0) is 72.8 Å².